The number of unbranched alkanes of at least 4 members (excludes halogenated alkanes) is 27. The molecule has 2 aromatic rings. The summed E-state index contributed by atoms with van der Waals surface area (Å²) in [6, 6.07) is 3.60. The van der Waals surface area contributed by atoms with Crippen LogP contribution < -0.4 is 19.5 Å². The standard InChI is InChI=1S/C62H101N3O11/c1-52(2)60(67)74-44-34-28-22-16-10-7-13-19-25-31-41-71-56-49-55(59(66)64-38-47-70-48-40-65-39-37-63-51-65)50-57(72-42-32-26-20-14-8-11-17-23-29-35-45-75-61(68)53(3)4)58(56)73-43-33-27-21-15-9-12-18-24-30-36-46-76-62(69)54(5)6/h37,39,49-51H,1,3,5,7-36,38,40-48H2,2,4,6H3,(H,64,66). The monoisotopic (exact) mass is 1060 g/mol. The maximum Gasteiger partial charge on any atom is 0.333 e. The summed E-state index contributed by atoms with van der Waals surface area (Å²) >= 11 is 0. The first-order valence-corrected chi connectivity index (χ1v) is 29.4. The fourth-order valence-corrected chi connectivity index (χ4v) is 8.35. The summed E-state index contributed by atoms with van der Waals surface area (Å²) in [6.45, 7) is 20.8. The Morgan fingerprint density at radius 2 is 0.776 bits per heavy atom. The third-order valence-electron chi connectivity index (χ3n) is 13.0. The van der Waals surface area contributed by atoms with Crippen molar-refractivity contribution in [3.05, 3.63) is 72.9 Å². The van der Waals surface area contributed by atoms with Crippen LogP contribution >= 0.6 is 0 Å². The summed E-state index contributed by atoms with van der Waals surface area (Å²) in [5.74, 6) is 0.500. The van der Waals surface area contributed by atoms with Crippen LogP contribution in [0.2, 0.25) is 0 Å². The maximum atomic E-state index is 13.7. The molecule has 2 rings (SSSR count). The lowest BCUT2D eigenvalue weighted by atomic mass is 10.1. The second-order valence-corrected chi connectivity index (χ2v) is 20.4. The molecule has 0 aliphatic heterocycles. The third-order valence-corrected chi connectivity index (χ3v) is 13.0. The molecule has 0 unspecified atom stereocenters. The molecular formula is C62H101N3O11. The van der Waals surface area contributed by atoms with Gasteiger partial charge in [0, 0.05) is 47.8 Å². The van der Waals surface area contributed by atoms with E-state index in [0.717, 1.165) is 116 Å². The molecule has 1 aromatic carbocycles. The van der Waals surface area contributed by atoms with Gasteiger partial charge in [0.1, 0.15) is 0 Å². The number of aromatic nitrogens is 2. The number of carbonyl (C=O) groups excluding carboxylic acids is 4. The zero-order valence-electron chi connectivity index (χ0n) is 47.7. The minimum absolute atomic E-state index is 0.221. The number of nitrogens with one attached hydrogen (secondary N) is 1. The number of hydrogen-bond acceptors (Lipinski definition) is 12. The highest BCUT2D eigenvalue weighted by molar-refractivity contribution is 5.95. The summed E-state index contributed by atoms with van der Waals surface area (Å²) in [5.41, 5.74) is 1.79. The summed E-state index contributed by atoms with van der Waals surface area (Å²) in [4.78, 5) is 52.4. The molecule has 0 atom stereocenters. The first kappa shape index (κ1) is 67.0. The number of ether oxygens (including phenoxy) is 7. The maximum absolute atomic E-state index is 13.7. The Labute approximate surface area is 458 Å². The first-order valence-electron chi connectivity index (χ1n) is 29.4. The van der Waals surface area contributed by atoms with Gasteiger partial charge in [-0.1, -0.05) is 174 Å². The number of benzene rings is 1. The second-order valence-electron chi connectivity index (χ2n) is 20.4. The van der Waals surface area contributed by atoms with Crippen molar-refractivity contribution < 1.29 is 52.3 Å². The van der Waals surface area contributed by atoms with Gasteiger partial charge in [-0.25, -0.2) is 19.4 Å². The Balaban J connectivity index is 1.94. The van der Waals surface area contributed by atoms with E-state index < -0.39 is 0 Å². The van der Waals surface area contributed by atoms with Crippen molar-refractivity contribution in [2.24, 2.45) is 0 Å². The highest BCUT2D eigenvalue weighted by Gasteiger charge is 2.20. The van der Waals surface area contributed by atoms with E-state index in [1.165, 1.54) is 77.0 Å². The summed E-state index contributed by atoms with van der Waals surface area (Å²) in [5, 5.41) is 3.02. The number of rotatable bonds is 52. The number of carbonyl (C=O) groups is 4. The fraction of sp³-hybridized carbons (Fsp3) is 0.694. The SMILES string of the molecule is C=C(C)C(=O)OCCCCCCCCCCCCOc1cc(C(=O)NCCOCCn2ccnc2)cc(OCCCCCCCCCCCCOC(=O)C(=C)C)c1OCCCCCCCCCCCCOC(=O)C(=C)C. The predicted octanol–water partition coefficient (Wildman–Crippen LogP) is 14.5. The fourth-order valence-electron chi connectivity index (χ4n) is 8.35. The second kappa shape index (κ2) is 46.0. The van der Waals surface area contributed by atoms with Crippen LogP contribution in [-0.4, -0.2) is 92.8 Å². The van der Waals surface area contributed by atoms with E-state index in [1.54, 1.807) is 45.4 Å². The van der Waals surface area contributed by atoms with Gasteiger partial charge in [0.15, 0.2) is 11.5 Å². The molecule has 14 nitrogen and oxygen atoms in total. The molecular weight excluding hydrogens is 963 g/mol. The van der Waals surface area contributed by atoms with Gasteiger partial charge in [0.05, 0.1) is 59.2 Å². The summed E-state index contributed by atoms with van der Waals surface area (Å²) in [6.07, 6.45) is 38.3. The Morgan fingerprint density at radius 3 is 1.11 bits per heavy atom. The van der Waals surface area contributed by atoms with E-state index in [2.05, 4.69) is 30.0 Å². The normalized spacial score (nSPS) is 11.0. The molecule has 430 valence electrons. The van der Waals surface area contributed by atoms with Crippen LogP contribution in [0.3, 0.4) is 0 Å². The van der Waals surface area contributed by atoms with Gasteiger partial charge < -0.3 is 43.0 Å². The molecule has 0 saturated heterocycles. The van der Waals surface area contributed by atoms with Gasteiger partial charge >= 0.3 is 17.9 Å². The smallest absolute Gasteiger partial charge is 0.333 e. The number of amides is 1. The average Bonchev–Trinajstić information content (AvgIpc) is 3.93. The molecule has 14 heteroatoms. The van der Waals surface area contributed by atoms with Crippen LogP contribution in [-0.2, 0) is 39.9 Å². The van der Waals surface area contributed by atoms with Crippen molar-refractivity contribution in [2.45, 2.75) is 220 Å². The molecule has 0 bridgehead atoms. The molecule has 0 aliphatic carbocycles. The van der Waals surface area contributed by atoms with Gasteiger partial charge in [0.2, 0.25) is 5.75 Å². The minimum atomic E-state index is -0.307. The molecule has 0 saturated carbocycles. The van der Waals surface area contributed by atoms with Crippen molar-refractivity contribution in [1.29, 1.82) is 0 Å². The van der Waals surface area contributed by atoms with Crippen molar-refractivity contribution in [3.63, 3.8) is 0 Å². The molecule has 1 N–H and O–H groups in total. The molecule has 0 fully saturated rings. The zero-order valence-corrected chi connectivity index (χ0v) is 47.7. The van der Waals surface area contributed by atoms with E-state index in [-0.39, 0.29) is 23.8 Å². The summed E-state index contributed by atoms with van der Waals surface area (Å²) in [7, 11) is 0. The molecule has 76 heavy (non-hydrogen) atoms. The van der Waals surface area contributed by atoms with E-state index >= 15 is 0 Å². The number of imidazole rings is 1. The van der Waals surface area contributed by atoms with Gasteiger partial charge in [0.25, 0.3) is 5.91 Å². The van der Waals surface area contributed by atoms with E-state index in [4.69, 9.17) is 33.2 Å². The van der Waals surface area contributed by atoms with E-state index in [9.17, 15) is 19.2 Å². The quantitative estimate of drug-likeness (QED) is 0.0289. The van der Waals surface area contributed by atoms with E-state index in [0.29, 0.717) is 105 Å². The van der Waals surface area contributed by atoms with Gasteiger partial charge in [-0.15, -0.1) is 0 Å². The van der Waals surface area contributed by atoms with Crippen LogP contribution in [0.25, 0.3) is 0 Å². The van der Waals surface area contributed by atoms with E-state index in [1.807, 2.05) is 10.8 Å². The van der Waals surface area contributed by atoms with Gasteiger partial charge in [-0.05, 0) is 71.4 Å². The van der Waals surface area contributed by atoms with Crippen LogP contribution in [0.4, 0.5) is 0 Å². The lowest BCUT2D eigenvalue weighted by Gasteiger charge is -2.19. The van der Waals surface area contributed by atoms with Crippen molar-refractivity contribution in [2.75, 3.05) is 59.4 Å². The summed E-state index contributed by atoms with van der Waals surface area (Å²) < 4.78 is 42.9. The Bertz CT molecular complexity index is 1810. The Morgan fingerprint density at radius 1 is 0.447 bits per heavy atom. The molecule has 0 spiro atoms. The van der Waals surface area contributed by atoms with Gasteiger partial charge in [-0.3, -0.25) is 4.79 Å². The molecule has 1 heterocycles. The Kier molecular flexibility index (Phi) is 40.6. The number of esters is 3. The van der Waals surface area contributed by atoms with Gasteiger partial charge in [-0.2, -0.15) is 0 Å². The number of nitrogens with zero attached hydrogens (tertiary/aromatic N) is 2. The molecule has 1 amide bonds. The topological polar surface area (TPSA) is 163 Å². The minimum Gasteiger partial charge on any atom is -0.490 e. The highest BCUT2D eigenvalue weighted by atomic mass is 16.5. The van der Waals surface area contributed by atoms with Crippen molar-refractivity contribution >= 4 is 23.8 Å². The predicted molar refractivity (Wildman–Crippen MR) is 304 cm³/mol. The zero-order chi connectivity index (χ0) is 55.1. The number of hydrogen-bond donors (Lipinski definition) is 1. The molecule has 1 aromatic heterocycles. The average molecular weight is 1060 g/mol. The van der Waals surface area contributed by atoms with Crippen LogP contribution in [0, 0.1) is 0 Å². The molecule has 0 aliphatic rings. The first-order chi connectivity index (χ1) is 37.0. The Hall–Kier alpha value is -5.11. The van der Waals surface area contributed by atoms with Crippen molar-refractivity contribution in [1.82, 2.24) is 14.9 Å². The lowest BCUT2D eigenvalue weighted by Crippen LogP contribution is -2.27. The molecule has 0 radical (unpaired) electrons. The van der Waals surface area contributed by atoms with Crippen LogP contribution in [0.1, 0.15) is 224 Å². The third kappa shape index (κ3) is 36.0. The van der Waals surface area contributed by atoms with Crippen molar-refractivity contribution in [3.8, 4) is 17.2 Å². The largest absolute Gasteiger partial charge is 0.490 e. The lowest BCUT2D eigenvalue weighted by molar-refractivity contribution is -0.139. The highest BCUT2D eigenvalue weighted by Crippen LogP contribution is 2.40. The van der Waals surface area contributed by atoms with Crippen LogP contribution in [0.5, 0.6) is 17.2 Å². The van der Waals surface area contributed by atoms with Crippen LogP contribution in [0.15, 0.2) is 67.3 Å².